The van der Waals surface area contributed by atoms with E-state index in [9.17, 15) is 18.0 Å². The number of H-pyrrole nitrogens is 2. The van der Waals surface area contributed by atoms with Crippen molar-refractivity contribution in [1.82, 2.24) is 14.7 Å². The van der Waals surface area contributed by atoms with E-state index in [1.165, 1.54) is 31.5 Å². The highest BCUT2D eigenvalue weighted by Gasteiger charge is 2.24. The van der Waals surface area contributed by atoms with Crippen molar-refractivity contribution in [3.63, 3.8) is 0 Å². The Labute approximate surface area is 155 Å². The Bertz CT molecular complexity index is 1200. The Morgan fingerprint density at radius 3 is 2.70 bits per heavy atom. The number of carbonyl (C=O) groups is 1. The summed E-state index contributed by atoms with van der Waals surface area (Å²) in [6.07, 6.45) is 5.07. The summed E-state index contributed by atoms with van der Waals surface area (Å²) in [7, 11) is -2.46. The minimum atomic E-state index is -3.70. The molecule has 0 aliphatic heterocycles. The Kier molecular flexibility index (Phi) is 4.27. The number of aromatic amines is 2. The number of hydrogen-bond acceptors (Lipinski definition) is 5. The highest BCUT2D eigenvalue weighted by atomic mass is 32.2. The molecule has 8 nitrogen and oxygen atoms in total. The molecule has 1 aromatic carbocycles. The number of sulfonamides is 1. The highest BCUT2D eigenvalue weighted by molar-refractivity contribution is 7.89. The molecule has 0 radical (unpaired) electrons. The monoisotopic (exact) mass is 389 g/mol. The first-order valence-corrected chi connectivity index (χ1v) is 10.2. The van der Waals surface area contributed by atoms with Gasteiger partial charge in [-0.2, -0.15) is 0 Å². The van der Waals surface area contributed by atoms with Gasteiger partial charge >= 0.3 is 5.97 Å². The van der Waals surface area contributed by atoms with E-state index in [-0.39, 0.29) is 22.0 Å². The average Bonchev–Trinajstić information content (AvgIpc) is 3.30. The zero-order valence-electron chi connectivity index (χ0n) is 14.7. The molecule has 1 aliphatic rings. The van der Waals surface area contributed by atoms with Crippen molar-refractivity contribution in [2.24, 2.45) is 0 Å². The number of benzene rings is 1. The first-order valence-electron chi connectivity index (χ1n) is 8.68. The molecule has 1 fully saturated rings. The van der Waals surface area contributed by atoms with Crippen molar-refractivity contribution in [3.8, 4) is 0 Å². The smallest absolute Gasteiger partial charge is 0.340 e. The fourth-order valence-electron chi connectivity index (χ4n) is 3.68. The molecule has 0 saturated heterocycles. The van der Waals surface area contributed by atoms with E-state index in [2.05, 4.69) is 14.7 Å². The third kappa shape index (κ3) is 3.02. The summed E-state index contributed by atoms with van der Waals surface area (Å²) in [5, 5.41) is 0.805. The Morgan fingerprint density at radius 2 is 2.00 bits per heavy atom. The summed E-state index contributed by atoms with van der Waals surface area (Å²) in [6, 6.07) is 4.41. The number of methoxy groups -OCH3 is 1. The SMILES string of the molecule is COC(=O)c1c[nH]c2c(=O)[nH]c3ccc(S(=O)(=O)NC4CCCC4)cc3c12. The molecule has 0 spiro atoms. The molecule has 2 aromatic heterocycles. The molecule has 2 heterocycles. The molecular weight excluding hydrogens is 370 g/mol. The Balaban J connectivity index is 1.91. The number of ether oxygens (including phenoxy) is 1. The lowest BCUT2D eigenvalue weighted by Gasteiger charge is -2.13. The second-order valence-electron chi connectivity index (χ2n) is 6.71. The summed E-state index contributed by atoms with van der Waals surface area (Å²) in [5.41, 5.74) is 0.424. The molecule has 0 unspecified atom stereocenters. The lowest BCUT2D eigenvalue weighted by Crippen LogP contribution is -2.32. The van der Waals surface area contributed by atoms with Gasteiger partial charge in [0.25, 0.3) is 5.56 Å². The fraction of sp³-hybridized carbons (Fsp3) is 0.333. The van der Waals surface area contributed by atoms with Gasteiger partial charge in [0.05, 0.1) is 17.6 Å². The third-order valence-corrected chi connectivity index (χ3v) is 6.53. The van der Waals surface area contributed by atoms with Crippen molar-refractivity contribution < 1.29 is 17.9 Å². The highest BCUT2D eigenvalue weighted by Crippen LogP contribution is 2.28. The summed E-state index contributed by atoms with van der Waals surface area (Å²) < 4.78 is 33.0. The quantitative estimate of drug-likeness (QED) is 0.590. The van der Waals surface area contributed by atoms with Crippen molar-refractivity contribution in [2.75, 3.05) is 7.11 Å². The van der Waals surface area contributed by atoms with Gasteiger partial charge in [0.2, 0.25) is 10.0 Å². The molecule has 142 valence electrons. The predicted octanol–water partition coefficient (Wildman–Crippen LogP) is 2.02. The number of nitrogens with one attached hydrogen (secondary N) is 3. The Morgan fingerprint density at radius 1 is 1.26 bits per heavy atom. The van der Waals surface area contributed by atoms with Gasteiger partial charge in [0.1, 0.15) is 5.52 Å². The van der Waals surface area contributed by atoms with Crippen molar-refractivity contribution in [1.29, 1.82) is 0 Å². The van der Waals surface area contributed by atoms with Crippen LogP contribution in [-0.4, -0.2) is 37.5 Å². The maximum Gasteiger partial charge on any atom is 0.340 e. The average molecular weight is 389 g/mol. The van der Waals surface area contributed by atoms with Gasteiger partial charge in [-0.15, -0.1) is 0 Å². The van der Waals surface area contributed by atoms with Crippen LogP contribution < -0.4 is 10.3 Å². The molecular formula is C18H19N3O5S. The van der Waals surface area contributed by atoms with Gasteiger partial charge in [-0.05, 0) is 31.0 Å². The topological polar surface area (TPSA) is 121 Å². The molecule has 3 aromatic rings. The number of carbonyl (C=O) groups excluding carboxylic acids is 1. The fourth-order valence-corrected chi connectivity index (χ4v) is 5.01. The number of rotatable bonds is 4. The van der Waals surface area contributed by atoms with Crippen LogP contribution in [0.4, 0.5) is 0 Å². The predicted molar refractivity (Wildman–Crippen MR) is 100 cm³/mol. The number of fused-ring (bicyclic) bond motifs is 3. The Hall–Kier alpha value is -2.65. The van der Waals surface area contributed by atoms with Gasteiger partial charge in [0.15, 0.2) is 0 Å². The van der Waals surface area contributed by atoms with Crippen LogP contribution in [0.5, 0.6) is 0 Å². The summed E-state index contributed by atoms with van der Waals surface area (Å²) in [6.45, 7) is 0. The zero-order valence-corrected chi connectivity index (χ0v) is 15.5. The van der Waals surface area contributed by atoms with E-state index >= 15 is 0 Å². The molecule has 1 aliphatic carbocycles. The maximum absolute atomic E-state index is 12.8. The second kappa shape index (κ2) is 6.50. The van der Waals surface area contributed by atoms with E-state index in [0.29, 0.717) is 16.3 Å². The van der Waals surface area contributed by atoms with Crippen molar-refractivity contribution >= 4 is 37.8 Å². The molecule has 0 atom stereocenters. The van der Waals surface area contributed by atoms with Crippen LogP contribution in [0.1, 0.15) is 36.0 Å². The lowest BCUT2D eigenvalue weighted by molar-refractivity contribution is 0.0603. The first-order chi connectivity index (χ1) is 12.9. The van der Waals surface area contributed by atoms with Crippen LogP contribution in [0, 0.1) is 0 Å². The molecule has 3 N–H and O–H groups in total. The maximum atomic E-state index is 12.8. The van der Waals surface area contributed by atoms with Crippen LogP contribution in [0.3, 0.4) is 0 Å². The largest absolute Gasteiger partial charge is 0.465 e. The van der Waals surface area contributed by atoms with Crippen LogP contribution in [0.2, 0.25) is 0 Å². The van der Waals surface area contributed by atoms with E-state index < -0.39 is 21.6 Å². The summed E-state index contributed by atoms with van der Waals surface area (Å²) in [5.74, 6) is -0.606. The zero-order chi connectivity index (χ0) is 19.2. The third-order valence-electron chi connectivity index (χ3n) is 5.01. The minimum Gasteiger partial charge on any atom is -0.465 e. The number of hydrogen-bond donors (Lipinski definition) is 3. The number of pyridine rings is 1. The number of aromatic nitrogens is 2. The summed E-state index contributed by atoms with van der Waals surface area (Å²) in [4.78, 5) is 29.9. The van der Waals surface area contributed by atoms with E-state index in [1.54, 1.807) is 0 Å². The number of esters is 1. The van der Waals surface area contributed by atoms with Crippen LogP contribution in [0.15, 0.2) is 34.1 Å². The van der Waals surface area contributed by atoms with E-state index in [0.717, 1.165) is 25.7 Å². The van der Waals surface area contributed by atoms with Crippen LogP contribution in [0.25, 0.3) is 21.8 Å². The van der Waals surface area contributed by atoms with Crippen molar-refractivity contribution in [2.45, 2.75) is 36.6 Å². The molecule has 0 bridgehead atoms. The van der Waals surface area contributed by atoms with Gasteiger partial charge in [0, 0.05) is 28.5 Å². The molecule has 1 saturated carbocycles. The van der Waals surface area contributed by atoms with Gasteiger partial charge < -0.3 is 14.7 Å². The van der Waals surface area contributed by atoms with Crippen LogP contribution >= 0.6 is 0 Å². The van der Waals surface area contributed by atoms with Crippen molar-refractivity contribution in [3.05, 3.63) is 40.3 Å². The van der Waals surface area contributed by atoms with E-state index in [1.807, 2.05) is 0 Å². The molecule has 4 rings (SSSR count). The standard InChI is InChI=1S/C18H19N3O5S/c1-26-18(23)13-9-19-16-15(13)12-8-11(6-7-14(12)20-17(16)22)27(24,25)21-10-4-2-3-5-10/h6-10,19,21H,2-5H2,1H3,(H,20,22). The van der Waals surface area contributed by atoms with Crippen LogP contribution in [-0.2, 0) is 14.8 Å². The minimum absolute atomic E-state index is 0.0563. The molecule has 9 heteroatoms. The second-order valence-corrected chi connectivity index (χ2v) is 8.42. The van der Waals surface area contributed by atoms with E-state index in [4.69, 9.17) is 4.74 Å². The summed E-state index contributed by atoms with van der Waals surface area (Å²) >= 11 is 0. The molecule has 0 amide bonds. The lowest BCUT2D eigenvalue weighted by atomic mass is 10.1. The first kappa shape index (κ1) is 17.7. The normalized spacial score (nSPS) is 15.6. The van der Waals surface area contributed by atoms with Gasteiger partial charge in [-0.3, -0.25) is 4.79 Å². The van der Waals surface area contributed by atoms with Gasteiger partial charge in [-0.25, -0.2) is 17.9 Å². The van der Waals surface area contributed by atoms with Gasteiger partial charge in [-0.1, -0.05) is 12.8 Å². The molecule has 27 heavy (non-hydrogen) atoms.